The summed E-state index contributed by atoms with van der Waals surface area (Å²) in [6.45, 7) is 5.89. The standard InChI is InChI=1S/C27H31ClFN3O5/c1-26(2,3)37-22(23(33)36-4)30-25(35)31-14-12-27(13-15-31)21(17-8-10-18(28)11-9-17)32(24(27)34)20-7-5-6-19(29)16-20/h5-11,16,21-22H,12-15H2,1-4H3,(H,30,35)/t21?,22-/m1/s1. The number of hydrogen-bond acceptors (Lipinski definition) is 5. The number of ether oxygens (including phenoxy) is 2. The van der Waals surface area contributed by atoms with Crippen LogP contribution in [0.25, 0.3) is 0 Å². The summed E-state index contributed by atoms with van der Waals surface area (Å²) in [5.41, 5.74) is -0.0741. The number of nitrogens with zero attached hydrogens (tertiary/aromatic N) is 2. The van der Waals surface area contributed by atoms with Gasteiger partial charge in [-0.2, -0.15) is 0 Å². The molecule has 10 heteroatoms. The van der Waals surface area contributed by atoms with Crippen LogP contribution in [0.3, 0.4) is 0 Å². The molecule has 2 aromatic carbocycles. The molecule has 2 aliphatic rings. The molecule has 0 saturated carbocycles. The van der Waals surface area contributed by atoms with Gasteiger partial charge < -0.3 is 24.6 Å². The Labute approximate surface area is 220 Å². The monoisotopic (exact) mass is 531 g/mol. The van der Waals surface area contributed by atoms with Gasteiger partial charge in [0.25, 0.3) is 0 Å². The van der Waals surface area contributed by atoms with E-state index in [2.05, 4.69) is 5.32 Å². The number of halogens is 2. The molecule has 2 aliphatic heterocycles. The maximum atomic E-state index is 14.0. The largest absolute Gasteiger partial charge is 0.466 e. The summed E-state index contributed by atoms with van der Waals surface area (Å²) in [6.07, 6.45) is -0.452. The molecule has 37 heavy (non-hydrogen) atoms. The fourth-order valence-corrected chi connectivity index (χ4v) is 5.18. The van der Waals surface area contributed by atoms with Crippen LogP contribution in [-0.2, 0) is 19.1 Å². The number of esters is 1. The van der Waals surface area contributed by atoms with Crippen LogP contribution < -0.4 is 10.2 Å². The van der Waals surface area contributed by atoms with Crippen molar-refractivity contribution in [2.24, 2.45) is 5.41 Å². The Bertz CT molecular complexity index is 1180. The van der Waals surface area contributed by atoms with E-state index in [1.807, 2.05) is 12.1 Å². The predicted molar refractivity (Wildman–Crippen MR) is 136 cm³/mol. The van der Waals surface area contributed by atoms with E-state index in [-0.39, 0.29) is 11.9 Å². The van der Waals surface area contributed by atoms with Crippen molar-refractivity contribution >= 4 is 35.2 Å². The van der Waals surface area contributed by atoms with Crippen molar-refractivity contribution in [1.82, 2.24) is 10.2 Å². The second-order valence-corrected chi connectivity index (χ2v) is 10.8. The van der Waals surface area contributed by atoms with E-state index in [9.17, 15) is 18.8 Å². The molecule has 1 spiro atoms. The highest BCUT2D eigenvalue weighted by molar-refractivity contribution is 6.30. The molecule has 1 unspecified atom stereocenters. The minimum Gasteiger partial charge on any atom is -0.466 e. The Balaban J connectivity index is 1.53. The van der Waals surface area contributed by atoms with Gasteiger partial charge in [0.05, 0.1) is 24.2 Å². The lowest BCUT2D eigenvalue weighted by Gasteiger charge is -2.59. The van der Waals surface area contributed by atoms with Crippen molar-refractivity contribution in [2.75, 3.05) is 25.1 Å². The van der Waals surface area contributed by atoms with E-state index < -0.39 is 35.1 Å². The first kappa shape index (κ1) is 26.9. The lowest BCUT2D eigenvalue weighted by molar-refractivity contribution is -0.165. The zero-order chi connectivity index (χ0) is 27.0. The fraction of sp³-hybridized carbons (Fsp3) is 0.444. The fourth-order valence-electron chi connectivity index (χ4n) is 5.06. The average Bonchev–Trinajstić information content (AvgIpc) is 2.86. The zero-order valence-corrected chi connectivity index (χ0v) is 22.0. The van der Waals surface area contributed by atoms with Crippen molar-refractivity contribution < 1.29 is 28.2 Å². The second-order valence-electron chi connectivity index (χ2n) is 10.3. The van der Waals surface area contributed by atoms with Crippen LogP contribution in [0.2, 0.25) is 5.02 Å². The van der Waals surface area contributed by atoms with Crippen LogP contribution >= 0.6 is 11.6 Å². The number of anilines is 1. The molecule has 2 heterocycles. The first-order chi connectivity index (χ1) is 17.4. The Morgan fingerprint density at radius 2 is 1.78 bits per heavy atom. The predicted octanol–water partition coefficient (Wildman–Crippen LogP) is 4.67. The lowest BCUT2D eigenvalue weighted by atomic mass is 9.62. The summed E-state index contributed by atoms with van der Waals surface area (Å²) >= 11 is 6.10. The maximum Gasteiger partial charge on any atom is 0.356 e. The van der Waals surface area contributed by atoms with E-state index in [1.165, 1.54) is 19.2 Å². The van der Waals surface area contributed by atoms with E-state index in [4.69, 9.17) is 21.1 Å². The average molecular weight is 532 g/mol. The molecule has 8 nitrogen and oxygen atoms in total. The molecule has 2 fully saturated rings. The highest BCUT2D eigenvalue weighted by Gasteiger charge is 2.62. The molecular weight excluding hydrogens is 501 g/mol. The van der Waals surface area contributed by atoms with Crippen LogP contribution in [0.5, 0.6) is 0 Å². The third-order valence-electron chi connectivity index (χ3n) is 6.78. The molecule has 2 aromatic rings. The summed E-state index contributed by atoms with van der Waals surface area (Å²) in [7, 11) is 1.22. The van der Waals surface area contributed by atoms with Gasteiger partial charge >= 0.3 is 12.0 Å². The van der Waals surface area contributed by atoms with Gasteiger partial charge in [0.15, 0.2) is 0 Å². The first-order valence-electron chi connectivity index (χ1n) is 12.1. The summed E-state index contributed by atoms with van der Waals surface area (Å²) in [6, 6.07) is 12.4. The van der Waals surface area contributed by atoms with Crippen LogP contribution in [0.15, 0.2) is 48.5 Å². The van der Waals surface area contributed by atoms with Gasteiger partial charge in [0.1, 0.15) is 5.82 Å². The molecule has 0 bridgehead atoms. The normalized spacial score (nSPS) is 19.8. The topological polar surface area (TPSA) is 88.2 Å². The molecular formula is C27H31ClFN3O5. The van der Waals surface area contributed by atoms with Gasteiger partial charge in [-0.3, -0.25) is 4.79 Å². The molecule has 1 N–H and O–H groups in total. The number of methoxy groups -OCH3 is 1. The minimum atomic E-state index is -1.26. The second kappa shape index (κ2) is 10.3. The number of likely N-dealkylation sites (tertiary alicyclic amines) is 1. The number of amides is 3. The summed E-state index contributed by atoms with van der Waals surface area (Å²) in [4.78, 5) is 42.0. The quantitative estimate of drug-likeness (QED) is 0.344. The number of benzene rings is 2. The number of carbonyl (C=O) groups is 3. The zero-order valence-electron chi connectivity index (χ0n) is 21.3. The van der Waals surface area contributed by atoms with Crippen molar-refractivity contribution in [1.29, 1.82) is 0 Å². The smallest absolute Gasteiger partial charge is 0.356 e. The SMILES string of the molecule is COC(=O)[C@H](NC(=O)N1CCC2(CC1)C(=O)N(c1cccc(F)c1)C2c1ccc(Cl)cc1)OC(C)(C)C. The molecule has 2 saturated heterocycles. The molecule has 2 atom stereocenters. The highest BCUT2D eigenvalue weighted by Crippen LogP contribution is 2.57. The van der Waals surface area contributed by atoms with Crippen LogP contribution in [0.1, 0.15) is 45.2 Å². The van der Waals surface area contributed by atoms with Gasteiger partial charge in [-0.15, -0.1) is 0 Å². The molecule has 198 valence electrons. The van der Waals surface area contributed by atoms with E-state index in [0.29, 0.717) is 36.6 Å². The number of urea groups is 1. The van der Waals surface area contributed by atoms with Crippen LogP contribution in [-0.4, -0.2) is 54.8 Å². The third-order valence-corrected chi connectivity index (χ3v) is 7.03. The number of hydrogen-bond donors (Lipinski definition) is 1. The molecule has 3 amide bonds. The summed E-state index contributed by atoms with van der Waals surface area (Å²) in [5.74, 6) is -1.24. The first-order valence-corrected chi connectivity index (χ1v) is 12.5. The Morgan fingerprint density at radius 1 is 1.14 bits per heavy atom. The molecule has 0 radical (unpaired) electrons. The molecule has 4 rings (SSSR count). The highest BCUT2D eigenvalue weighted by atomic mass is 35.5. The molecule has 0 aromatic heterocycles. The number of β-lactam (4-membered cyclic amide) rings is 1. The Kier molecular flexibility index (Phi) is 7.48. The lowest BCUT2D eigenvalue weighted by Crippen LogP contribution is -2.67. The van der Waals surface area contributed by atoms with Crippen LogP contribution in [0, 0.1) is 11.2 Å². The van der Waals surface area contributed by atoms with Crippen molar-refractivity contribution in [3.05, 3.63) is 64.9 Å². The van der Waals surface area contributed by atoms with Gasteiger partial charge in [-0.05, 0) is 69.5 Å². The van der Waals surface area contributed by atoms with Crippen molar-refractivity contribution in [3.63, 3.8) is 0 Å². The number of nitrogens with one attached hydrogen (secondary N) is 1. The Morgan fingerprint density at radius 3 is 2.35 bits per heavy atom. The summed E-state index contributed by atoms with van der Waals surface area (Å²) < 4.78 is 24.4. The van der Waals surface area contributed by atoms with Crippen molar-refractivity contribution in [3.8, 4) is 0 Å². The van der Waals surface area contributed by atoms with Gasteiger partial charge in [0, 0.05) is 23.8 Å². The van der Waals surface area contributed by atoms with Crippen molar-refractivity contribution in [2.45, 2.75) is 51.5 Å². The van der Waals surface area contributed by atoms with Gasteiger partial charge in [-0.25, -0.2) is 14.0 Å². The number of rotatable bonds is 5. The van der Waals surface area contributed by atoms with E-state index in [0.717, 1.165) is 5.56 Å². The van der Waals surface area contributed by atoms with Gasteiger partial charge in [-0.1, -0.05) is 29.8 Å². The maximum absolute atomic E-state index is 14.0. The van der Waals surface area contributed by atoms with E-state index in [1.54, 1.807) is 54.8 Å². The number of carbonyl (C=O) groups excluding carboxylic acids is 3. The molecule has 0 aliphatic carbocycles. The van der Waals surface area contributed by atoms with Crippen LogP contribution in [0.4, 0.5) is 14.9 Å². The Hall–Kier alpha value is -3.17. The third kappa shape index (κ3) is 5.43. The van der Waals surface area contributed by atoms with E-state index >= 15 is 0 Å². The summed E-state index contributed by atoms with van der Waals surface area (Å²) in [5, 5.41) is 3.17. The number of piperidine rings is 1. The minimum absolute atomic E-state index is 0.110. The van der Waals surface area contributed by atoms with Gasteiger partial charge in [0.2, 0.25) is 12.1 Å².